The van der Waals surface area contributed by atoms with Crippen LogP contribution < -0.4 is 4.72 Å². The van der Waals surface area contributed by atoms with Crippen molar-refractivity contribution in [1.82, 2.24) is 4.72 Å². The third-order valence-electron chi connectivity index (χ3n) is 2.28. The van der Waals surface area contributed by atoms with Crippen molar-refractivity contribution >= 4 is 28.0 Å². The van der Waals surface area contributed by atoms with Crippen LogP contribution in [0.3, 0.4) is 0 Å². The molecule has 1 amide bonds. The average Bonchev–Trinajstić information content (AvgIpc) is 2.25. The van der Waals surface area contributed by atoms with E-state index in [0.29, 0.717) is 6.42 Å². The molecule has 1 aliphatic heterocycles. The molecule has 8 heteroatoms. The number of carbonyl (C=O) groups is 1. The summed E-state index contributed by atoms with van der Waals surface area (Å²) in [6, 6.07) is 0. The molecule has 0 spiro atoms. The molecule has 112 valence electrons. The Hall–Kier alpha value is -1.70. The van der Waals surface area contributed by atoms with Crippen molar-refractivity contribution in [1.29, 1.82) is 0 Å². The van der Waals surface area contributed by atoms with Crippen LogP contribution in [0.5, 0.6) is 0 Å². The van der Waals surface area contributed by atoms with E-state index in [2.05, 4.69) is 4.99 Å². The van der Waals surface area contributed by atoms with Gasteiger partial charge >= 0.3 is 6.09 Å². The lowest BCUT2D eigenvalue weighted by Gasteiger charge is -2.19. The Morgan fingerprint density at radius 2 is 2.00 bits per heavy atom. The highest BCUT2D eigenvalue weighted by Crippen LogP contribution is 2.13. The first-order chi connectivity index (χ1) is 9.01. The van der Waals surface area contributed by atoms with Crippen molar-refractivity contribution < 1.29 is 22.5 Å². The summed E-state index contributed by atoms with van der Waals surface area (Å²) in [5.41, 5.74) is 0.00893. The Balaban J connectivity index is 2.93. The number of rotatable bonds is 2. The highest BCUT2D eigenvalue weighted by atomic mass is 32.2. The van der Waals surface area contributed by atoms with Crippen LogP contribution in [0.2, 0.25) is 0 Å². The Morgan fingerprint density at radius 3 is 2.50 bits per heavy atom. The fourth-order valence-electron chi connectivity index (χ4n) is 1.39. The number of hydrogen-bond donors (Lipinski definition) is 1. The molecule has 0 aromatic carbocycles. The fourth-order valence-corrected chi connectivity index (χ4v) is 2.26. The lowest BCUT2D eigenvalue weighted by molar-refractivity contribution is -0.464. The summed E-state index contributed by atoms with van der Waals surface area (Å²) in [6.07, 6.45) is 2.43. The lowest BCUT2D eigenvalue weighted by atomic mass is 10.2. The van der Waals surface area contributed by atoms with Crippen LogP contribution in [0.1, 0.15) is 27.2 Å². The Labute approximate surface area is 119 Å². The molecule has 0 radical (unpaired) electrons. The summed E-state index contributed by atoms with van der Waals surface area (Å²) in [4.78, 5) is 15.3. The van der Waals surface area contributed by atoms with Gasteiger partial charge in [-0.25, -0.2) is 19.1 Å². The van der Waals surface area contributed by atoms with Crippen LogP contribution in [0.4, 0.5) is 4.79 Å². The maximum atomic E-state index is 12.0. The van der Waals surface area contributed by atoms with E-state index in [9.17, 15) is 13.2 Å². The van der Waals surface area contributed by atoms with Crippen LogP contribution in [-0.4, -0.2) is 50.7 Å². The Bertz CT molecular complexity index is 591. The second-order valence-electron chi connectivity index (χ2n) is 5.49. The quantitative estimate of drug-likeness (QED) is 0.767. The molecule has 0 aromatic rings. The van der Waals surface area contributed by atoms with Crippen LogP contribution in [0, 0.1) is 0 Å². The smallest absolute Gasteiger partial charge is 0.421 e. The minimum Gasteiger partial charge on any atom is -0.443 e. The molecule has 0 saturated heterocycles. The van der Waals surface area contributed by atoms with Gasteiger partial charge in [-0.05, 0) is 20.8 Å². The second-order valence-corrected chi connectivity index (χ2v) is 7.12. The first-order valence-corrected chi connectivity index (χ1v) is 7.53. The molecule has 0 aromatic heterocycles. The predicted octanol–water partition coefficient (Wildman–Crippen LogP) is 0.870. The summed E-state index contributed by atoms with van der Waals surface area (Å²) in [6.45, 7) is 4.94. The number of sulfonamides is 1. The predicted molar refractivity (Wildman–Crippen MR) is 76.6 cm³/mol. The Kier molecular flexibility index (Phi) is 4.69. The standard InChI is InChI=1S/C12H19N3O4S/c1-12(2,3)19-11(16)14-20(17,18)10-8-9(15(4)5)6-7-13-10/h7-8H,6H2,1-5H3/p+1. The van der Waals surface area contributed by atoms with Gasteiger partial charge in [-0.15, -0.1) is 0 Å². The van der Waals surface area contributed by atoms with Gasteiger partial charge in [0, 0.05) is 12.3 Å². The average molecular weight is 302 g/mol. The van der Waals surface area contributed by atoms with E-state index in [4.69, 9.17) is 4.74 Å². The van der Waals surface area contributed by atoms with Crippen molar-refractivity contribution in [3.8, 4) is 0 Å². The topological polar surface area (TPSA) is 87.8 Å². The van der Waals surface area contributed by atoms with Crippen molar-refractivity contribution in [2.75, 3.05) is 14.1 Å². The van der Waals surface area contributed by atoms with Gasteiger partial charge in [0.2, 0.25) is 0 Å². The minimum atomic E-state index is -4.03. The number of nitrogens with zero attached hydrogens (tertiary/aromatic N) is 2. The van der Waals surface area contributed by atoms with Gasteiger partial charge in [0.25, 0.3) is 10.0 Å². The number of amides is 1. The molecule has 1 N–H and O–H groups in total. The number of allylic oxidation sites excluding steroid dienone is 1. The molecule has 0 atom stereocenters. The number of hydrogen-bond acceptors (Lipinski definition) is 5. The normalized spacial score (nSPS) is 15.7. The summed E-state index contributed by atoms with van der Waals surface area (Å²) in [5, 5.41) is -0.210. The zero-order chi connectivity index (χ0) is 15.6. The van der Waals surface area contributed by atoms with Crippen LogP contribution in [0.25, 0.3) is 0 Å². The zero-order valence-electron chi connectivity index (χ0n) is 12.3. The van der Waals surface area contributed by atoms with Crippen LogP contribution >= 0.6 is 0 Å². The summed E-state index contributed by atoms with van der Waals surface area (Å²) < 4.78 is 32.6. The maximum Gasteiger partial charge on any atom is 0.421 e. The first kappa shape index (κ1) is 16.4. The molecule has 0 bridgehead atoms. The number of nitrogens with one attached hydrogen (secondary N) is 1. The summed E-state index contributed by atoms with van der Waals surface area (Å²) in [5.74, 6) is 0. The zero-order valence-corrected chi connectivity index (χ0v) is 13.1. The Morgan fingerprint density at radius 1 is 1.40 bits per heavy atom. The van der Waals surface area contributed by atoms with Gasteiger partial charge < -0.3 is 4.74 Å². The van der Waals surface area contributed by atoms with E-state index in [1.54, 1.807) is 39.4 Å². The van der Waals surface area contributed by atoms with E-state index < -0.39 is 21.7 Å². The van der Waals surface area contributed by atoms with Gasteiger partial charge in [-0.3, -0.25) is 0 Å². The largest absolute Gasteiger partial charge is 0.443 e. The highest BCUT2D eigenvalue weighted by molar-refractivity contribution is 7.93. The fraction of sp³-hybridized carbons (Fsp3) is 0.583. The molecular formula is C12H20N3O4S+. The van der Waals surface area contributed by atoms with Crippen molar-refractivity contribution in [3.05, 3.63) is 11.1 Å². The number of aliphatic imine (C=N–C) groups is 1. The molecular weight excluding hydrogens is 282 g/mol. The molecule has 0 fully saturated rings. The van der Waals surface area contributed by atoms with Crippen LogP contribution in [-0.2, 0) is 14.8 Å². The van der Waals surface area contributed by atoms with Gasteiger partial charge in [-0.1, -0.05) is 0 Å². The first-order valence-electron chi connectivity index (χ1n) is 6.04. The highest BCUT2D eigenvalue weighted by Gasteiger charge is 2.26. The molecule has 1 rings (SSSR count). The van der Waals surface area contributed by atoms with Gasteiger partial charge in [0.05, 0.1) is 6.42 Å². The lowest BCUT2D eigenvalue weighted by Crippen LogP contribution is -2.37. The van der Waals surface area contributed by atoms with E-state index in [1.807, 2.05) is 4.72 Å². The summed E-state index contributed by atoms with van der Waals surface area (Å²) >= 11 is 0. The molecule has 1 aliphatic rings. The number of ether oxygens (including phenoxy) is 1. The van der Waals surface area contributed by atoms with Gasteiger partial charge in [0.15, 0.2) is 10.7 Å². The van der Waals surface area contributed by atoms with Gasteiger partial charge in [-0.2, -0.15) is 8.42 Å². The molecule has 20 heavy (non-hydrogen) atoms. The van der Waals surface area contributed by atoms with Crippen molar-refractivity contribution in [3.63, 3.8) is 0 Å². The van der Waals surface area contributed by atoms with E-state index in [-0.39, 0.29) is 5.03 Å². The molecule has 0 aliphatic carbocycles. The van der Waals surface area contributed by atoms with E-state index in [1.165, 1.54) is 12.3 Å². The molecule has 1 heterocycles. The second kappa shape index (κ2) is 5.74. The molecule has 7 nitrogen and oxygen atoms in total. The van der Waals surface area contributed by atoms with E-state index in [0.717, 1.165) is 5.71 Å². The van der Waals surface area contributed by atoms with E-state index >= 15 is 0 Å². The molecule has 0 saturated carbocycles. The third kappa shape index (κ3) is 4.76. The monoisotopic (exact) mass is 302 g/mol. The number of carbonyl (C=O) groups excluding carboxylic acids is 1. The summed E-state index contributed by atoms with van der Waals surface area (Å²) in [7, 11) is -0.426. The van der Waals surface area contributed by atoms with Crippen LogP contribution in [0.15, 0.2) is 16.1 Å². The van der Waals surface area contributed by atoms with Crippen molar-refractivity contribution in [2.45, 2.75) is 32.8 Å². The minimum absolute atomic E-state index is 0.210. The third-order valence-corrected chi connectivity index (χ3v) is 3.48. The van der Waals surface area contributed by atoms with Gasteiger partial charge in [0.1, 0.15) is 19.7 Å². The molecule has 0 unspecified atom stereocenters. The van der Waals surface area contributed by atoms with Crippen molar-refractivity contribution in [2.24, 2.45) is 4.99 Å². The maximum absolute atomic E-state index is 12.0. The SMILES string of the molecule is C[N+](C)=C1C=C(S(=O)(=O)NC(=O)OC(C)(C)C)N=CC1.